The van der Waals surface area contributed by atoms with Gasteiger partial charge in [-0.3, -0.25) is 9.10 Å². The molecule has 0 spiro atoms. The average molecular weight is 420 g/mol. The number of anilines is 1. The maximum atomic E-state index is 13.5. The highest BCUT2D eigenvalue weighted by Crippen LogP contribution is 2.29. The van der Waals surface area contributed by atoms with E-state index in [1.165, 1.54) is 6.42 Å². The van der Waals surface area contributed by atoms with Crippen molar-refractivity contribution in [3.63, 3.8) is 0 Å². The topological polar surface area (TPSA) is 92.5 Å². The molecule has 7 nitrogen and oxygen atoms in total. The normalized spacial score (nSPS) is 15.3. The molecule has 1 N–H and O–H groups in total. The first-order chi connectivity index (χ1) is 13.7. The average Bonchev–Trinajstić information content (AvgIpc) is 2.98. The van der Waals surface area contributed by atoms with Gasteiger partial charge in [0, 0.05) is 6.04 Å². The van der Waals surface area contributed by atoms with Crippen molar-refractivity contribution in [1.29, 1.82) is 0 Å². The summed E-state index contributed by atoms with van der Waals surface area (Å²) in [6.45, 7) is 6.67. The van der Waals surface area contributed by atoms with E-state index >= 15 is 0 Å². The van der Waals surface area contributed by atoms with Gasteiger partial charge < -0.3 is 9.84 Å². The van der Waals surface area contributed by atoms with Gasteiger partial charge in [0.2, 0.25) is 5.91 Å². The maximum Gasteiger partial charge on any atom is 0.270 e. The van der Waals surface area contributed by atoms with Gasteiger partial charge in [-0.15, -0.1) is 0 Å². The van der Waals surface area contributed by atoms with Crippen LogP contribution in [0, 0.1) is 27.7 Å². The molecule has 1 saturated carbocycles. The van der Waals surface area contributed by atoms with Crippen molar-refractivity contribution < 1.29 is 17.7 Å². The molecule has 158 valence electrons. The molecular formula is C21H29N3O4S. The molecule has 1 aromatic heterocycles. The zero-order valence-electron chi connectivity index (χ0n) is 17.5. The minimum absolute atomic E-state index is 0.0159. The lowest BCUT2D eigenvalue weighted by molar-refractivity contribution is -0.120. The van der Waals surface area contributed by atoms with Crippen molar-refractivity contribution in [3.05, 3.63) is 40.8 Å². The minimum atomic E-state index is -4.03. The third kappa shape index (κ3) is 4.80. The zero-order valence-corrected chi connectivity index (χ0v) is 18.3. The molecule has 1 aliphatic carbocycles. The molecule has 1 amide bonds. The molecule has 0 aliphatic heterocycles. The van der Waals surface area contributed by atoms with Crippen LogP contribution in [-0.4, -0.2) is 32.1 Å². The number of benzene rings is 1. The van der Waals surface area contributed by atoms with Gasteiger partial charge in [0.15, 0.2) is 10.7 Å². The molecule has 0 unspecified atom stereocenters. The largest absolute Gasteiger partial charge is 0.360 e. The van der Waals surface area contributed by atoms with Crippen LogP contribution < -0.4 is 9.62 Å². The lowest BCUT2D eigenvalue weighted by atomic mass is 9.95. The molecule has 1 heterocycles. The van der Waals surface area contributed by atoms with E-state index < -0.39 is 10.0 Å². The summed E-state index contributed by atoms with van der Waals surface area (Å²) >= 11 is 0. The first-order valence-electron chi connectivity index (χ1n) is 10.0. The van der Waals surface area contributed by atoms with Crippen molar-refractivity contribution in [1.82, 2.24) is 10.5 Å². The van der Waals surface area contributed by atoms with Crippen molar-refractivity contribution in [2.24, 2.45) is 0 Å². The van der Waals surface area contributed by atoms with Gasteiger partial charge in [-0.1, -0.05) is 30.5 Å². The van der Waals surface area contributed by atoms with Crippen LogP contribution >= 0.6 is 0 Å². The van der Waals surface area contributed by atoms with Crippen LogP contribution in [0.3, 0.4) is 0 Å². The Morgan fingerprint density at radius 1 is 1.10 bits per heavy atom. The lowest BCUT2D eigenvalue weighted by Crippen LogP contribution is -2.45. The second kappa shape index (κ2) is 8.57. The molecule has 1 aliphatic rings. The quantitative estimate of drug-likeness (QED) is 0.773. The number of hydrogen-bond acceptors (Lipinski definition) is 5. The smallest absolute Gasteiger partial charge is 0.270 e. The molecule has 29 heavy (non-hydrogen) atoms. The summed E-state index contributed by atoms with van der Waals surface area (Å²) in [6, 6.07) is 5.62. The Morgan fingerprint density at radius 3 is 2.28 bits per heavy atom. The third-order valence-corrected chi connectivity index (χ3v) is 7.29. The van der Waals surface area contributed by atoms with Crippen LogP contribution in [0.2, 0.25) is 0 Å². The summed E-state index contributed by atoms with van der Waals surface area (Å²) in [5, 5.41) is 6.80. The van der Waals surface area contributed by atoms with Gasteiger partial charge in [0.1, 0.15) is 12.2 Å². The second-order valence-electron chi connectivity index (χ2n) is 7.91. The van der Waals surface area contributed by atoms with Crippen LogP contribution in [0.5, 0.6) is 0 Å². The second-order valence-corrected chi connectivity index (χ2v) is 9.71. The number of sulfonamides is 1. The number of rotatable bonds is 6. The van der Waals surface area contributed by atoms with Crippen molar-refractivity contribution in [3.8, 4) is 0 Å². The predicted octanol–water partition coefficient (Wildman–Crippen LogP) is 3.55. The molecule has 8 heteroatoms. The summed E-state index contributed by atoms with van der Waals surface area (Å²) in [5.41, 5.74) is 2.59. The summed E-state index contributed by atoms with van der Waals surface area (Å²) < 4.78 is 33.3. The fraction of sp³-hybridized carbons (Fsp3) is 0.524. The summed E-state index contributed by atoms with van der Waals surface area (Å²) in [5.74, 6) is -0.0871. The van der Waals surface area contributed by atoms with E-state index in [1.807, 2.05) is 19.9 Å². The van der Waals surface area contributed by atoms with Crippen LogP contribution in [0.1, 0.15) is 54.7 Å². The van der Waals surface area contributed by atoms with Crippen LogP contribution in [0.15, 0.2) is 27.6 Å². The van der Waals surface area contributed by atoms with E-state index in [0.29, 0.717) is 5.69 Å². The van der Waals surface area contributed by atoms with E-state index in [0.717, 1.165) is 41.1 Å². The monoisotopic (exact) mass is 419 g/mol. The number of carbonyl (C=O) groups is 1. The third-order valence-electron chi connectivity index (χ3n) is 5.27. The molecule has 3 rings (SSSR count). The van der Waals surface area contributed by atoms with Gasteiger partial charge in [0.05, 0.1) is 5.69 Å². The fourth-order valence-corrected chi connectivity index (χ4v) is 5.72. The summed E-state index contributed by atoms with van der Waals surface area (Å²) in [6.07, 6.45) is 5.23. The van der Waals surface area contributed by atoms with E-state index in [1.54, 1.807) is 26.0 Å². The van der Waals surface area contributed by atoms with Gasteiger partial charge in [-0.05, 0) is 63.8 Å². The Hall–Kier alpha value is -2.35. The standard InChI is InChI=1S/C21H29N3O4S/c1-14-10-15(2)12-19(11-14)24(13-20(25)22-18-8-6-5-7-9-18)29(26,27)21-16(3)23-28-17(21)4/h10-12,18H,5-9,13H2,1-4H3,(H,22,25). The number of nitrogens with zero attached hydrogens (tertiary/aromatic N) is 2. The minimum Gasteiger partial charge on any atom is -0.360 e. The van der Waals surface area contributed by atoms with Gasteiger partial charge in [0.25, 0.3) is 10.0 Å². The van der Waals surface area contributed by atoms with E-state index in [4.69, 9.17) is 4.52 Å². The van der Waals surface area contributed by atoms with Gasteiger partial charge in [-0.25, -0.2) is 8.42 Å². The van der Waals surface area contributed by atoms with Crippen molar-refractivity contribution in [2.75, 3.05) is 10.8 Å². The Morgan fingerprint density at radius 2 is 1.72 bits per heavy atom. The van der Waals surface area contributed by atoms with Crippen molar-refractivity contribution >= 4 is 21.6 Å². The number of nitrogens with one attached hydrogen (secondary N) is 1. The SMILES string of the molecule is Cc1cc(C)cc(N(CC(=O)NC2CCCCC2)S(=O)(=O)c2c(C)noc2C)c1. The Labute approximate surface area is 172 Å². The lowest BCUT2D eigenvalue weighted by Gasteiger charge is -2.27. The highest BCUT2D eigenvalue weighted by Gasteiger charge is 2.33. The van der Waals surface area contributed by atoms with Crippen LogP contribution in [0.4, 0.5) is 5.69 Å². The van der Waals surface area contributed by atoms with E-state index in [2.05, 4.69) is 10.5 Å². The first kappa shape index (κ1) is 21.4. The van der Waals surface area contributed by atoms with Gasteiger partial charge in [-0.2, -0.15) is 0 Å². The molecule has 0 radical (unpaired) electrons. The Bertz CT molecular complexity index is 952. The molecule has 0 bridgehead atoms. The van der Waals surface area contributed by atoms with Crippen molar-refractivity contribution in [2.45, 2.75) is 70.7 Å². The predicted molar refractivity (Wildman–Crippen MR) is 111 cm³/mol. The van der Waals surface area contributed by atoms with Gasteiger partial charge >= 0.3 is 0 Å². The summed E-state index contributed by atoms with van der Waals surface area (Å²) in [7, 11) is -4.03. The van der Waals surface area contributed by atoms with E-state index in [-0.39, 0.29) is 34.8 Å². The number of aryl methyl sites for hydroxylation is 4. The molecule has 1 aromatic carbocycles. The first-order valence-corrected chi connectivity index (χ1v) is 11.5. The number of amides is 1. The van der Waals surface area contributed by atoms with E-state index in [9.17, 15) is 13.2 Å². The Balaban J connectivity index is 1.96. The molecule has 2 aromatic rings. The molecule has 0 atom stereocenters. The number of aromatic nitrogens is 1. The maximum absolute atomic E-state index is 13.5. The van der Waals surface area contributed by atoms with Crippen LogP contribution in [-0.2, 0) is 14.8 Å². The zero-order chi connectivity index (χ0) is 21.2. The summed E-state index contributed by atoms with van der Waals surface area (Å²) in [4.78, 5) is 12.8. The fourth-order valence-electron chi connectivity index (χ4n) is 4.01. The Kier molecular flexibility index (Phi) is 6.31. The highest BCUT2D eigenvalue weighted by molar-refractivity contribution is 7.93. The molecule has 1 fully saturated rings. The van der Waals surface area contributed by atoms with Crippen LogP contribution in [0.25, 0.3) is 0 Å². The highest BCUT2D eigenvalue weighted by atomic mass is 32.2. The molecular weight excluding hydrogens is 390 g/mol. The number of hydrogen-bond donors (Lipinski definition) is 1. The molecule has 0 saturated heterocycles. The number of carbonyl (C=O) groups excluding carboxylic acids is 1.